The zero-order valence-electron chi connectivity index (χ0n) is 12.9. The van der Waals surface area contributed by atoms with E-state index < -0.39 is 0 Å². The van der Waals surface area contributed by atoms with Gasteiger partial charge in [0.2, 0.25) is 0 Å². The summed E-state index contributed by atoms with van der Waals surface area (Å²) in [5, 5.41) is 14.7. The van der Waals surface area contributed by atoms with Crippen LogP contribution in [-0.2, 0) is 0 Å². The van der Waals surface area contributed by atoms with Crippen LogP contribution in [0.4, 0.5) is 5.69 Å². The van der Waals surface area contributed by atoms with Crippen LogP contribution >= 0.6 is 0 Å². The Morgan fingerprint density at radius 3 is 2.54 bits per heavy atom. The first kappa shape index (κ1) is 16.0. The highest BCUT2D eigenvalue weighted by atomic mass is 16.3. The molecule has 0 unspecified atom stereocenters. The summed E-state index contributed by atoms with van der Waals surface area (Å²) in [6.07, 6.45) is 5.95. The van der Waals surface area contributed by atoms with Crippen molar-refractivity contribution in [2.75, 3.05) is 11.9 Å². The normalized spacial score (nSPS) is 19.2. The third-order valence-corrected chi connectivity index (χ3v) is 3.87. The van der Waals surface area contributed by atoms with Gasteiger partial charge >= 0.3 is 0 Å². The maximum absolute atomic E-state index is 12.2. The van der Waals surface area contributed by atoms with Crippen molar-refractivity contribution in [3.63, 3.8) is 0 Å². The number of furan rings is 1. The summed E-state index contributed by atoms with van der Waals surface area (Å²) < 4.78 is 5.02. The minimum absolute atomic E-state index is 0.0621. The van der Waals surface area contributed by atoms with E-state index in [-0.39, 0.29) is 36.1 Å². The van der Waals surface area contributed by atoms with Crippen molar-refractivity contribution < 1.29 is 19.1 Å². The molecule has 1 aliphatic carbocycles. The molecule has 0 saturated heterocycles. The van der Waals surface area contributed by atoms with Gasteiger partial charge in [-0.3, -0.25) is 9.59 Å². The minimum Gasteiger partial charge on any atom is -0.459 e. The van der Waals surface area contributed by atoms with Crippen LogP contribution in [0.2, 0.25) is 0 Å². The van der Waals surface area contributed by atoms with E-state index in [1.807, 2.05) is 12.2 Å². The Bertz CT molecular complexity index is 735. The van der Waals surface area contributed by atoms with Gasteiger partial charge in [-0.2, -0.15) is 0 Å². The first-order valence-electron chi connectivity index (χ1n) is 7.70. The highest BCUT2D eigenvalue weighted by Crippen LogP contribution is 2.18. The van der Waals surface area contributed by atoms with E-state index >= 15 is 0 Å². The molecule has 0 fully saturated rings. The average Bonchev–Trinajstić information content (AvgIpc) is 3.27. The van der Waals surface area contributed by atoms with Gasteiger partial charge in [0.25, 0.3) is 11.8 Å². The predicted octanol–water partition coefficient (Wildman–Crippen LogP) is 2.20. The summed E-state index contributed by atoms with van der Waals surface area (Å²) >= 11 is 0. The quantitative estimate of drug-likeness (QED) is 0.735. The number of nitrogens with one attached hydrogen (secondary N) is 2. The molecule has 24 heavy (non-hydrogen) atoms. The molecule has 2 atom stereocenters. The maximum Gasteiger partial charge on any atom is 0.291 e. The molecule has 0 radical (unpaired) electrons. The Hall–Kier alpha value is -2.86. The summed E-state index contributed by atoms with van der Waals surface area (Å²) in [6, 6.07) is 9.78. The first-order valence-corrected chi connectivity index (χ1v) is 7.70. The van der Waals surface area contributed by atoms with E-state index in [1.54, 1.807) is 36.4 Å². The molecule has 6 nitrogen and oxygen atoms in total. The molecular weight excluding hydrogens is 308 g/mol. The van der Waals surface area contributed by atoms with Gasteiger partial charge in [0.15, 0.2) is 5.76 Å². The molecular formula is C18H18N2O4. The van der Waals surface area contributed by atoms with Crippen molar-refractivity contribution in [1.29, 1.82) is 0 Å². The lowest BCUT2D eigenvalue weighted by Gasteiger charge is -2.13. The van der Waals surface area contributed by atoms with Gasteiger partial charge in [-0.15, -0.1) is 0 Å². The van der Waals surface area contributed by atoms with Gasteiger partial charge in [0.1, 0.15) is 0 Å². The fourth-order valence-electron chi connectivity index (χ4n) is 2.57. The van der Waals surface area contributed by atoms with E-state index in [1.165, 1.54) is 6.26 Å². The molecule has 3 N–H and O–H groups in total. The molecule has 3 rings (SSSR count). The monoisotopic (exact) mass is 326 g/mol. The lowest BCUT2D eigenvalue weighted by Crippen LogP contribution is -2.32. The fourth-order valence-corrected chi connectivity index (χ4v) is 2.57. The number of aliphatic hydroxyl groups excluding tert-OH is 1. The number of carbonyl (C=O) groups excluding carboxylic acids is 2. The summed E-state index contributed by atoms with van der Waals surface area (Å²) in [5.41, 5.74) is 1.08. The molecule has 1 aromatic carbocycles. The minimum atomic E-state index is -0.344. The highest BCUT2D eigenvalue weighted by molar-refractivity contribution is 6.02. The lowest BCUT2D eigenvalue weighted by atomic mass is 10.1. The zero-order chi connectivity index (χ0) is 16.9. The fraction of sp³-hybridized carbons (Fsp3) is 0.222. The molecule has 1 aromatic heterocycles. The molecule has 0 aliphatic heterocycles. The van der Waals surface area contributed by atoms with Gasteiger partial charge in [-0.05, 0) is 42.8 Å². The van der Waals surface area contributed by atoms with Crippen LogP contribution in [0.1, 0.15) is 27.3 Å². The molecule has 124 valence electrons. The zero-order valence-corrected chi connectivity index (χ0v) is 12.9. The first-order chi connectivity index (χ1) is 11.7. The highest BCUT2D eigenvalue weighted by Gasteiger charge is 2.20. The number of aliphatic hydroxyl groups is 1. The average molecular weight is 326 g/mol. The van der Waals surface area contributed by atoms with Crippen LogP contribution < -0.4 is 10.6 Å². The van der Waals surface area contributed by atoms with E-state index in [9.17, 15) is 9.59 Å². The number of amides is 2. The van der Waals surface area contributed by atoms with Crippen molar-refractivity contribution in [1.82, 2.24) is 5.32 Å². The molecule has 2 aromatic rings. The lowest BCUT2D eigenvalue weighted by molar-refractivity contribution is 0.0940. The molecule has 1 heterocycles. The van der Waals surface area contributed by atoms with E-state index in [0.717, 1.165) is 0 Å². The third kappa shape index (κ3) is 3.72. The number of rotatable bonds is 5. The van der Waals surface area contributed by atoms with Crippen LogP contribution in [0, 0.1) is 5.92 Å². The van der Waals surface area contributed by atoms with Gasteiger partial charge in [-0.1, -0.05) is 12.2 Å². The van der Waals surface area contributed by atoms with Crippen molar-refractivity contribution in [3.05, 3.63) is 66.1 Å². The van der Waals surface area contributed by atoms with Crippen LogP contribution in [0.5, 0.6) is 0 Å². The summed E-state index contributed by atoms with van der Waals surface area (Å²) in [6.45, 7) is 0.0902. The third-order valence-electron chi connectivity index (χ3n) is 3.87. The summed E-state index contributed by atoms with van der Waals surface area (Å²) in [5.74, 6) is -0.201. The van der Waals surface area contributed by atoms with Crippen LogP contribution in [0.15, 0.2) is 59.2 Å². The van der Waals surface area contributed by atoms with E-state index in [4.69, 9.17) is 9.52 Å². The SMILES string of the molecule is O=C(N[C@@H]1C=C[C@H](CO)C1)c1ccc(NC(=O)c2ccco2)cc1. The summed E-state index contributed by atoms with van der Waals surface area (Å²) in [4.78, 5) is 24.1. The number of carbonyl (C=O) groups is 2. The van der Waals surface area contributed by atoms with Crippen LogP contribution in [0.3, 0.4) is 0 Å². The second-order valence-electron chi connectivity index (χ2n) is 5.65. The molecule has 6 heteroatoms. The van der Waals surface area contributed by atoms with Crippen molar-refractivity contribution in [2.24, 2.45) is 5.92 Å². The summed E-state index contributed by atoms with van der Waals surface area (Å²) in [7, 11) is 0. The van der Waals surface area contributed by atoms with Crippen molar-refractivity contribution in [2.45, 2.75) is 12.5 Å². The Labute approximate surface area is 139 Å². The maximum atomic E-state index is 12.2. The predicted molar refractivity (Wildman–Crippen MR) is 88.7 cm³/mol. The largest absolute Gasteiger partial charge is 0.459 e. The Morgan fingerprint density at radius 2 is 1.92 bits per heavy atom. The number of hydrogen-bond acceptors (Lipinski definition) is 4. The van der Waals surface area contributed by atoms with Gasteiger partial charge < -0.3 is 20.2 Å². The molecule has 1 aliphatic rings. The number of hydrogen-bond donors (Lipinski definition) is 3. The standard InChI is InChI=1S/C18H18N2O4/c21-11-12-3-6-15(10-12)20-17(22)13-4-7-14(8-5-13)19-18(23)16-2-1-9-24-16/h1-9,12,15,21H,10-11H2,(H,19,23)(H,20,22)/t12-,15+/m0/s1. The second kappa shape index (κ2) is 7.14. The van der Waals surface area contributed by atoms with Gasteiger partial charge in [0.05, 0.1) is 6.26 Å². The molecule has 0 spiro atoms. The Morgan fingerprint density at radius 1 is 1.12 bits per heavy atom. The Kier molecular flexibility index (Phi) is 4.77. The number of anilines is 1. The smallest absolute Gasteiger partial charge is 0.291 e. The van der Waals surface area contributed by atoms with Crippen LogP contribution in [-0.4, -0.2) is 29.6 Å². The van der Waals surface area contributed by atoms with E-state index in [2.05, 4.69) is 10.6 Å². The Balaban J connectivity index is 1.57. The van der Waals surface area contributed by atoms with Crippen molar-refractivity contribution in [3.8, 4) is 0 Å². The molecule has 0 bridgehead atoms. The number of benzene rings is 1. The van der Waals surface area contributed by atoms with Crippen LogP contribution in [0.25, 0.3) is 0 Å². The van der Waals surface area contributed by atoms with Crippen molar-refractivity contribution >= 4 is 17.5 Å². The van der Waals surface area contributed by atoms with Gasteiger partial charge in [0, 0.05) is 29.8 Å². The topological polar surface area (TPSA) is 91.6 Å². The molecule has 2 amide bonds. The second-order valence-corrected chi connectivity index (χ2v) is 5.65. The van der Waals surface area contributed by atoms with Gasteiger partial charge in [-0.25, -0.2) is 0 Å². The molecule has 0 saturated carbocycles. The van der Waals surface area contributed by atoms with E-state index in [0.29, 0.717) is 17.7 Å².